The zero-order chi connectivity index (χ0) is 15.6. The van der Waals surface area contributed by atoms with E-state index in [1.165, 1.54) is 31.9 Å². The van der Waals surface area contributed by atoms with Gasteiger partial charge in [-0.05, 0) is 25.5 Å². The van der Waals surface area contributed by atoms with E-state index in [0.717, 1.165) is 12.8 Å². The average molecular weight is 313 g/mol. The number of pyridine rings is 1. The molecule has 1 rings (SSSR count). The third kappa shape index (κ3) is 6.44. The van der Waals surface area contributed by atoms with Gasteiger partial charge in [-0.3, -0.25) is 0 Å². The van der Waals surface area contributed by atoms with Crippen molar-refractivity contribution in [1.29, 1.82) is 0 Å². The van der Waals surface area contributed by atoms with Gasteiger partial charge in [0.1, 0.15) is 0 Å². The first kappa shape index (κ1) is 17.9. The van der Waals surface area contributed by atoms with Gasteiger partial charge in [0.15, 0.2) is 5.03 Å². The number of hydrogen-bond donors (Lipinski definition) is 2. The highest BCUT2D eigenvalue weighted by Gasteiger charge is 2.18. The number of nitrogens with one attached hydrogen (secondary N) is 2. The van der Waals surface area contributed by atoms with Crippen molar-refractivity contribution in [3.05, 3.63) is 18.3 Å². The van der Waals surface area contributed by atoms with Crippen molar-refractivity contribution in [2.45, 2.75) is 57.4 Å². The molecule has 0 aliphatic rings. The van der Waals surface area contributed by atoms with Crippen LogP contribution in [0.2, 0.25) is 0 Å². The van der Waals surface area contributed by atoms with Gasteiger partial charge in [-0.25, -0.2) is 18.1 Å². The van der Waals surface area contributed by atoms with Crippen LogP contribution in [0.15, 0.2) is 23.4 Å². The van der Waals surface area contributed by atoms with Crippen molar-refractivity contribution in [2.75, 3.05) is 18.4 Å². The maximum atomic E-state index is 12.2. The van der Waals surface area contributed by atoms with Crippen LogP contribution in [0.1, 0.15) is 52.4 Å². The minimum atomic E-state index is -3.53. The molecule has 0 aliphatic heterocycles. The van der Waals surface area contributed by atoms with Gasteiger partial charge in [-0.2, -0.15) is 0 Å². The number of sulfonamides is 1. The third-order valence-corrected chi connectivity index (χ3v) is 4.63. The molecule has 0 saturated carbocycles. The van der Waals surface area contributed by atoms with Crippen molar-refractivity contribution >= 4 is 15.7 Å². The maximum Gasteiger partial charge on any atom is 0.260 e. The Kier molecular flexibility index (Phi) is 8.30. The van der Waals surface area contributed by atoms with Gasteiger partial charge in [-0.1, -0.05) is 39.0 Å². The summed E-state index contributed by atoms with van der Waals surface area (Å²) in [7, 11) is -3.53. The van der Waals surface area contributed by atoms with Crippen LogP contribution in [-0.4, -0.2) is 26.5 Å². The highest BCUT2D eigenvalue weighted by atomic mass is 32.2. The van der Waals surface area contributed by atoms with Crippen LogP contribution >= 0.6 is 0 Å². The summed E-state index contributed by atoms with van der Waals surface area (Å²) >= 11 is 0. The molecule has 0 fully saturated rings. The normalized spacial score (nSPS) is 11.5. The van der Waals surface area contributed by atoms with Crippen molar-refractivity contribution in [3.8, 4) is 0 Å². The molecule has 1 aromatic heterocycles. The topological polar surface area (TPSA) is 71.1 Å². The fraction of sp³-hybridized carbons (Fsp3) is 0.667. The molecule has 21 heavy (non-hydrogen) atoms. The molecule has 1 aromatic rings. The van der Waals surface area contributed by atoms with Gasteiger partial charge < -0.3 is 5.32 Å². The van der Waals surface area contributed by atoms with Crippen molar-refractivity contribution in [1.82, 2.24) is 9.71 Å². The maximum absolute atomic E-state index is 12.2. The average Bonchev–Trinajstić information content (AvgIpc) is 2.47. The summed E-state index contributed by atoms with van der Waals surface area (Å²) in [6, 6.07) is 3.46. The molecular formula is C15H27N3O2S. The van der Waals surface area contributed by atoms with E-state index in [9.17, 15) is 8.42 Å². The minimum absolute atomic E-state index is 0.0813. The second kappa shape index (κ2) is 9.73. The molecule has 0 radical (unpaired) electrons. The molecule has 5 nitrogen and oxygen atoms in total. The fourth-order valence-corrected chi connectivity index (χ4v) is 3.29. The molecule has 0 aromatic carbocycles. The largest absolute Gasteiger partial charge is 0.383 e. The molecule has 6 heteroatoms. The first-order valence-electron chi connectivity index (χ1n) is 7.80. The first-order chi connectivity index (χ1) is 10.1. The van der Waals surface area contributed by atoms with Gasteiger partial charge in [-0.15, -0.1) is 0 Å². The highest BCUT2D eigenvalue weighted by molar-refractivity contribution is 7.89. The Morgan fingerprint density at radius 3 is 2.52 bits per heavy atom. The summed E-state index contributed by atoms with van der Waals surface area (Å²) in [5.74, 6) is 0. The fourth-order valence-electron chi connectivity index (χ4n) is 2.11. The van der Waals surface area contributed by atoms with E-state index in [2.05, 4.69) is 21.9 Å². The Balaban J connectivity index is 2.46. The Hall–Kier alpha value is -1.14. The molecule has 0 amide bonds. The van der Waals surface area contributed by atoms with E-state index in [4.69, 9.17) is 0 Å². The lowest BCUT2D eigenvalue weighted by molar-refractivity contribution is 0.565. The molecule has 0 bridgehead atoms. The zero-order valence-corrected chi connectivity index (χ0v) is 13.9. The summed E-state index contributed by atoms with van der Waals surface area (Å²) in [4.78, 5) is 4.00. The predicted octanol–water partition coefficient (Wildman–Crippen LogP) is 3.15. The van der Waals surface area contributed by atoms with Crippen molar-refractivity contribution in [2.24, 2.45) is 0 Å². The van der Waals surface area contributed by atoms with E-state index in [1.54, 1.807) is 12.1 Å². The standard InChI is InChI=1S/C15H27N3O2S/c1-3-5-6-7-8-9-13-18-21(19,20)15-14(16-4-2)11-10-12-17-15/h10-12,16,18H,3-9,13H2,1-2H3. The van der Waals surface area contributed by atoms with Crippen LogP contribution in [0.5, 0.6) is 0 Å². The molecule has 0 saturated heterocycles. The smallest absolute Gasteiger partial charge is 0.260 e. The Bertz CT molecular complexity index is 503. The van der Waals surface area contributed by atoms with E-state index in [0.29, 0.717) is 18.8 Å². The van der Waals surface area contributed by atoms with Crippen LogP contribution in [0, 0.1) is 0 Å². The van der Waals surface area contributed by atoms with Gasteiger partial charge in [0, 0.05) is 19.3 Å². The van der Waals surface area contributed by atoms with E-state index in [1.807, 2.05) is 6.92 Å². The third-order valence-electron chi connectivity index (χ3n) is 3.22. The van der Waals surface area contributed by atoms with Gasteiger partial charge in [0.2, 0.25) is 0 Å². The molecule has 0 unspecified atom stereocenters. The Morgan fingerprint density at radius 1 is 1.10 bits per heavy atom. The summed E-state index contributed by atoms with van der Waals surface area (Å²) < 4.78 is 27.1. The summed E-state index contributed by atoms with van der Waals surface area (Å²) in [6.07, 6.45) is 8.30. The minimum Gasteiger partial charge on any atom is -0.383 e. The molecule has 0 aliphatic carbocycles. The van der Waals surface area contributed by atoms with E-state index >= 15 is 0 Å². The van der Waals surface area contributed by atoms with Crippen molar-refractivity contribution < 1.29 is 8.42 Å². The molecule has 2 N–H and O–H groups in total. The van der Waals surface area contributed by atoms with Crippen molar-refractivity contribution in [3.63, 3.8) is 0 Å². The van der Waals surface area contributed by atoms with Crippen LogP contribution in [0.3, 0.4) is 0 Å². The SMILES string of the molecule is CCCCCCCCNS(=O)(=O)c1ncccc1NCC. The van der Waals surface area contributed by atoms with Crippen LogP contribution in [0.4, 0.5) is 5.69 Å². The predicted molar refractivity (Wildman–Crippen MR) is 87.0 cm³/mol. The lowest BCUT2D eigenvalue weighted by Gasteiger charge is -2.11. The Morgan fingerprint density at radius 2 is 1.81 bits per heavy atom. The number of hydrogen-bond acceptors (Lipinski definition) is 4. The lowest BCUT2D eigenvalue weighted by Crippen LogP contribution is -2.26. The van der Waals surface area contributed by atoms with E-state index < -0.39 is 10.0 Å². The molecule has 0 atom stereocenters. The number of aromatic nitrogens is 1. The molecule has 120 valence electrons. The summed E-state index contributed by atoms with van der Waals surface area (Å²) in [5.41, 5.74) is 0.551. The van der Waals surface area contributed by atoms with Crippen LogP contribution < -0.4 is 10.0 Å². The van der Waals surface area contributed by atoms with E-state index in [-0.39, 0.29) is 5.03 Å². The zero-order valence-electron chi connectivity index (χ0n) is 13.1. The van der Waals surface area contributed by atoms with Gasteiger partial charge in [0.05, 0.1) is 5.69 Å². The molecular weight excluding hydrogens is 286 g/mol. The summed E-state index contributed by atoms with van der Waals surface area (Å²) in [6.45, 7) is 5.23. The number of unbranched alkanes of at least 4 members (excludes halogenated alkanes) is 5. The molecule has 1 heterocycles. The number of rotatable bonds is 11. The second-order valence-corrected chi connectivity index (χ2v) is 6.73. The lowest BCUT2D eigenvalue weighted by atomic mass is 10.1. The van der Waals surface area contributed by atoms with Crippen LogP contribution in [0.25, 0.3) is 0 Å². The molecule has 0 spiro atoms. The second-order valence-electron chi connectivity index (χ2n) is 5.05. The van der Waals surface area contributed by atoms with Crippen LogP contribution in [-0.2, 0) is 10.0 Å². The quantitative estimate of drug-likeness (QED) is 0.616. The van der Waals surface area contributed by atoms with Gasteiger partial charge in [0.25, 0.3) is 10.0 Å². The highest BCUT2D eigenvalue weighted by Crippen LogP contribution is 2.17. The number of nitrogens with zero attached hydrogens (tertiary/aromatic N) is 1. The first-order valence-corrected chi connectivity index (χ1v) is 9.28. The van der Waals surface area contributed by atoms with Gasteiger partial charge >= 0.3 is 0 Å². The monoisotopic (exact) mass is 313 g/mol. The summed E-state index contributed by atoms with van der Waals surface area (Å²) in [5, 5.41) is 3.11. The number of anilines is 1. The Labute approximate surface area is 128 Å².